The molecule has 1 unspecified atom stereocenters. The van der Waals surface area contributed by atoms with Gasteiger partial charge in [0, 0.05) is 4.75 Å². The summed E-state index contributed by atoms with van der Waals surface area (Å²) in [7, 11) is 0. The highest BCUT2D eigenvalue weighted by Gasteiger charge is 2.34. The van der Waals surface area contributed by atoms with Crippen molar-refractivity contribution >= 4 is 11.8 Å². The van der Waals surface area contributed by atoms with Gasteiger partial charge in [0.2, 0.25) is 0 Å². The summed E-state index contributed by atoms with van der Waals surface area (Å²) < 4.78 is 0.421. The minimum absolute atomic E-state index is 0.421. The lowest BCUT2D eigenvalue weighted by Crippen LogP contribution is -2.27. The fourth-order valence-electron chi connectivity index (χ4n) is 1.95. The van der Waals surface area contributed by atoms with Crippen LogP contribution < -0.4 is 0 Å². The molecule has 2 rings (SSSR count). The number of aryl methyl sites for hydroxylation is 1. The van der Waals surface area contributed by atoms with Gasteiger partial charge in [-0.15, -0.1) is 0 Å². The fraction of sp³-hybridized carbons (Fsp3) is 0.538. The zero-order chi connectivity index (χ0) is 10.0. The van der Waals surface area contributed by atoms with Crippen LogP contribution in [0.25, 0.3) is 0 Å². The first-order chi connectivity index (χ1) is 6.74. The van der Waals surface area contributed by atoms with E-state index in [0.717, 1.165) is 0 Å². The Morgan fingerprint density at radius 2 is 1.93 bits per heavy atom. The largest absolute Gasteiger partial charge is 0.151 e. The van der Waals surface area contributed by atoms with Gasteiger partial charge >= 0.3 is 0 Å². The summed E-state index contributed by atoms with van der Waals surface area (Å²) in [6.07, 6.45) is 3.79. The molecule has 1 aromatic carbocycles. The van der Waals surface area contributed by atoms with E-state index in [1.807, 2.05) is 0 Å². The number of rotatable bonds is 3. The van der Waals surface area contributed by atoms with Crippen molar-refractivity contribution < 1.29 is 0 Å². The predicted octanol–water partition coefficient (Wildman–Crippen LogP) is 3.99. The van der Waals surface area contributed by atoms with E-state index in [9.17, 15) is 0 Å². The molecular weight excluding hydrogens is 188 g/mol. The first-order valence-electron chi connectivity index (χ1n) is 5.48. The lowest BCUT2D eigenvalue weighted by molar-refractivity contribution is 0.625. The maximum atomic E-state index is 2.36. The molecule has 1 atom stereocenters. The second kappa shape index (κ2) is 3.98. The monoisotopic (exact) mass is 206 g/mol. The van der Waals surface area contributed by atoms with Crippen LogP contribution in [0.2, 0.25) is 0 Å². The first kappa shape index (κ1) is 10.1. The molecule has 0 N–H and O–H groups in total. The summed E-state index contributed by atoms with van der Waals surface area (Å²) in [6.45, 7) is 4.59. The van der Waals surface area contributed by atoms with Crippen LogP contribution >= 0.6 is 11.8 Å². The molecule has 1 heterocycles. The van der Waals surface area contributed by atoms with Gasteiger partial charge < -0.3 is 0 Å². The standard InChI is InChI=1S/C13H18S/c1-3-4-11-5-7-12(8-6-11)13(2)9-10-14-13/h5-8H,3-4,9-10H2,1-2H3. The summed E-state index contributed by atoms with van der Waals surface area (Å²) in [5.74, 6) is 1.33. The van der Waals surface area contributed by atoms with Gasteiger partial charge in [0.1, 0.15) is 0 Å². The van der Waals surface area contributed by atoms with Crippen molar-refractivity contribution in [2.24, 2.45) is 0 Å². The lowest BCUT2D eigenvalue weighted by atomic mass is 9.95. The molecule has 1 fully saturated rings. The normalized spacial score (nSPS) is 25.9. The SMILES string of the molecule is CCCc1ccc(C2(C)CCS2)cc1. The predicted molar refractivity (Wildman–Crippen MR) is 64.9 cm³/mol. The van der Waals surface area contributed by atoms with Crippen molar-refractivity contribution in [1.82, 2.24) is 0 Å². The van der Waals surface area contributed by atoms with E-state index in [1.54, 1.807) is 0 Å². The summed E-state index contributed by atoms with van der Waals surface area (Å²) >= 11 is 2.08. The highest BCUT2D eigenvalue weighted by molar-refractivity contribution is 8.01. The molecule has 0 nitrogen and oxygen atoms in total. The second-order valence-electron chi connectivity index (χ2n) is 4.28. The quantitative estimate of drug-likeness (QED) is 0.720. The Hall–Kier alpha value is -0.430. The van der Waals surface area contributed by atoms with Gasteiger partial charge in [-0.1, -0.05) is 37.6 Å². The Bertz CT molecular complexity index is 296. The van der Waals surface area contributed by atoms with Crippen LogP contribution in [0.1, 0.15) is 37.8 Å². The van der Waals surface area contributed by atoms with E-state index in [1.165, 1.54) is 36.1 Å². The molecule has 0 spiro atoms. The number of benzene rings is 1. The van der Waals surface area contributed by atoms with Crippen LogP contribution in [-0.4, -0.2) is 5.75 Å². The van der Waals surface area contributed by atoms with Crippen molar-refractivity contribution in [3.8, 4) is 0 Å². The third-order valence-electron chi connectivity index (χ3n) is 3.10. The molecule has 1 aliphatic rings. The van der Waals surface area contributed by atoms with Gasteiger partial charge in [-0.3, -0.25) is 0 Å². The van der Waals surface area contributed by atoms with Crippen LogP contribution in [0, 0.1) is 0 Å². The lowest BCUT2D eigenvalue weighted by Gasteiger charge is -2.38. The zero-order valence-electron chi connectivity index (χ0n) is 9.05. The molecule has 0 aromatic heterocycles. The van der Waals surface area contributed by atoms with Crippen LogP contribution in [0.5, 0.6) is 0 Å². The van der Waals surface area contributed by atoms with Crippen molar-refractivity contribution in [3.05, 3.63) is 35.4 Å². The zero-order valence-corrected chi connectivity index (χ0v) is 9.86. The third kappa shape index (κ3) is 1.83. The van der Waals surface area contributed by atoms with Crippen molar-refractivity contribution in [2.75, 3.05) is 5.75 Å². The Balaban J connectivity index is 2.13. The topological polar surface area (TPSA) is 0 Å². The molecule has 0 amide bonds. The summed E-state index contributed by atoms with van der Waals surface area (Å²) in [5.41, 5.74) is 2.98. The van der Waals surface area contributed by atoms with E-state index in [4.69, 9.17) is 0 Å². The molecule has 1 heteroatoms. The molecule has 0 saturated carbocycles. The van der Waals surface area contributed by atoms with Gasteiger partial charge in [0.25, 0.3) is 0 Å². The molecule has 14 heavy (non-hydrogen) atoms. The Labute approximate surface area is 91.1 Å². The Morgan fingerprint density at radius 3 is 2.36 bits per heavy atom. The molecule has 1 saturated heterocycles. The molecule has 0 aliphatic carbocycles. The average Bonchev–Trinajstić information content (AvgIpc) is 2.16. The van der Waals surface area contributed by atoms with Crippen molar-refractivity contribution in [2.45, 2.75) is 37.9 Å². The number of hydrogen-bond donors (Lipinski definition) is 0. The van der Waals surface area contributed by atoms with Gasteiger partial charge in [0.05, 0.1) is 0 Å². The smallest absolute Gasteiger partial charge is 0.0388 e. The van der Waals surface area contributed by atoms with Crippen LogP contribution in [0.4, 0.5) is 0 Å². The molecular formula is C13H18S. The van der Waals surface area contributed by atoms with Crippen LogP contribution in [0.3, 0.4) is 0 Å². The maximum Gasteiger partial charge on any atom is 0.0388 e. The molecule has 1 aromatic rings. The van der Waals surface area contributed by atoms with E-state index in [2.05, 4.69) is 49.9 Å². The molecule has 0 bridgehead atoms. The molecule has 1 aliphatic heterocycles. The number of thioether (sulfide) groups is 1. The van der Waals surface area contributed by atoms with Gasteiger partial charge in [-0.2, -0.15) is 11.8 Å². The summed E-state index contributed by atoms with van der Waals surface area (Å²) in [6, 6.07) is 9.22. The summed E-state index contributed by atoms with van der Waals surface area (Å²) in [5, 5.41) is 0. The number of hydrogen-bond acceptors (Lipinski definition) is 1. The van der Waals surface area contributed by atoms with Gasteiger partial charge in [0.15, 0.2) is 0 Å². The second-order valence-corrected chi connectivity index (χ2v) is 5.87. The minimum atomic E-state index is 0.421. The van der Waals surface area contributed by atoms with E-state index in [0.29, 0.717) is 4.75 Å². The van der Waals surface area contributed by atoms with Crippen LogP contribution in [-0.2, 0) is 11.2 Å². The van der Waals surface area contributed by atoms with E-state index in [-0.39, 0.29) is 0 Å². The summed E-state index contributed by atoms with van der Waals surface area (Å²) in [4.78, 5) is 0. The molecule has 0 radical (unpaired) electrons. The first-order valence-corrected chi connectivity index (χ1v) is 6.46. The highest BCUT2D eigenvalue weighted by atomic mass is 32.2. The van der Waals surface area contributed by atoms with Crippen LogP contribution in [0.15, 0.2) is 24.3 Å². The Kier molecular flexibility index (Phi) is 2.87. The maximum absolute atomic E-state index is 2.36. The van der Waals surface area contributed by atoms with E-state index >= 15 is 0 Å². The average molecular weight is 206 g/mol. The highest BCUT2D eigenvalue weighted by Crippen LogP contribution is 2.48. The fourth-order valence-corrected chi connectivity index (χ4v) is 3.07. The minimum Gasteiger partial charge on any atom is -0.151 e. The third-order valence-corrected chi connectivity index (χ3v) is 4.59. The van der Waals surface area contributed by atoms with Crippen molar-refractivity contribution in [3.63, 3.8) is 0 Å². The Morgan fingerprint density at radius 1 is 1.29 bits per heavy atom. The molecule has 76 valence electrons. The van der Waals surface area contributed by atoms with E-state index < -0.39 is 0 Å². The van der Waals surface area contributed by atoms with Gasteiger partial charge in [-0.25, -0.2) is 0 Å². The van der Waals surface area contributed by atoms with Crippen molar-refractivity contribution in [1.29, 1.82) is 0 Å². The van der Waals surface area contributed by atoms with Gasteiger partial charge in [-0.05, 0) is 36.6 Å².